The van der Waals surface area contributed by atoms with E-state index < -0.39 is 0 Å². The number of carbonyl (C=O) groups is 1. The SMILES string of the molecule is CC(=O)Cn1cc(-c2ccnc(-c3nn(C4CCCCO4)c4ccc(OC(C)C)cc34)n2)cn1. The van der Waals surface area contributed by atoms with Crippen LogP contribution in [-0.4, -0.2) is 48.0 Å². The molecule has 4 heterocycles. The first-order valence-electron chi connectivity index (χ1n) is 11.6. The number of hydrogen-bond donors (Lipinski definition) is 0. The molecule has 1 unspecified atom stereocenters. The maximum absolute atomic E-state index is 11.4. The standard InChI is InChI=1S/C25H28N6O3/c1-16(2)34-19-7-8-22-20(12-19)24(29-31(22)23-6-4-5-11-33-23)25-26-10-9-21(28-25)18-13-27-30(15-18)14-17(3)32/h7-10,12-13,15-16,23H,4-6,11,14H2,1-3H3. The number of carbonyl (C=O) groups excluding carboxylic acids is 1. The van der Waals surface area contributed by atoms with Crippen LogP contribution in [0.25, 0.3) is 33.7 Å². The van der Waals surface area contributed by atoms with Gasteiger partial charge >= 0.3 is 0 Å². The Kier molecular flexibility index (Phi) is 6.10. The molecule has 0 spiro atoms. The monoisotopic (exact) mass is 460 g/mol. The van der Waals surface area contributed by atoms with Crippen molar-refractivity contribution in [2.75, 3.05) is 6.61 Å². The van der Waals surface area contributed by atoms with Crippen molar-refractivity contribution in [3.63, 3.8) is 0 Å². The van der Waals surface area contributed by atoms with Crippen LogP contribution in [0.2, 0.25) is 0 Å². The summed E-state index contributed by atoms with van der Waals surface area (Å²) in [4.78, 5) is 20.8. The first-order valence-corrected chi connectivity index (χ1v) is 11.6. The van der Waals surface area contributed by atoms with Crippen molar-refractivity contribution >= 4 is 16.7 Å². The van der Waals surface area contributed by atoms with Gasteiger partial charge in [0.2, 0.25) is 0 Å². The Morgan fingerprint density at radius 2 is 2.15 bits per heavy atom. The maximum atomic E-state index is 11.4. The highest BCUT2D eigenvalue weighted by molar-refractivity contribution is 5.93. The highest BCUT2D eigenvalue weighted by Crippen LogP contribution is 2.34. The zero-order chi connectivity index (χ0) is 23.7. The van der Waals surface area contributed by atoms with Crippen LogP contribution >= 0.6 is 0 Å². The lowest BCUT2D eigenvalue weighted by atomic mass is 10.1. The molecule has 176 valence electrons. The quantitative estimate of drug-likeness (QED) is 0.402. The maximum Gasteiger partial charge on any atom is 0.181 e. The third kappa shape index (κ3) is 4.56. The van der Waals surface area contributed by atoms with Crippen molar-refractivity contribution in [2.45, 2.75) is 58.9 Å². The molecule has 9 nitrogen and oxygen atoms in total. The first-order chi connectivity index (χ1) is 16.5. The summed E-state index contributed by atoms with van der Waals surface area (Å²) < 4.78 is 15.5. The average molecular weight is 461 g/mol. The van der Waals surface area contributed by atoms with E-state index in [1.807, 2.05) is 49.0 Å². The molecule has 1 aliphatic heterocycles. The van der Waals surface area contributed by atoms with E-state index in [1.54, 1.807) is 24.0 Å². The van der Waals surface area contributed by atoms with Crippen molar-refractivity contribution in [2.24, 2.45) is 0 Å². The van der Waals surface area contributed by atoms with Crippen LogP contribution in [0.3, 0.4) is 0 Å². The van der Waals surface area contributed by atoms with Gasteiger partial charge in [-0.05, 0) is 64.3 Å². The molecule has 0 amide bonds. The molecule has 0 bridgehead atoms. The largest absolute Gasteiger partial charge is 0.491 e. The molecule has 1 aromatic carbocycles. The average Bonchev–Trinajstić information content (AvgIpc) is 3.44. The highest BCUT2D eigenvalue weighted by Gasteiger charge is 2.23. The Morgan fingerprint density at radius 3 is 2.91 bits per heavy atom. The van der Waals surface area contributed by atoms with Crippen LogP contribution in [0.5, 0.6) is 5.75 Å². The van der Waals surface area contributed by atoms with Gasteiger partial charge < -0.3 is 9.47 Å². The van der Waals surface area contributed by atoms with Crippen molar-refractivity contribution < 1.29 is 14.3 Å². The van der Waals surface area contributed by atoms with Gasteiger partial charge in [-0.15, -0.1) is 0 Å². The van der Waals surface area contributed by atoms with E-state index in [1.165, 1.54) is 0 Å². The molecule has 1 aliphatic rings. The third-order valence-corrected chi connectivity index (χ3v) is 5.66. The van der Waals surface area contributed by atoms with Crippen LogP contribution in [-0.2, 0) is 16.1 Å². The second-order valence-corrected chi connectivity index (χ2v) is 8.85. The van der Waals surface area contributed by atoms with Crippen molar-refractivity contribution in [3.8, 4) is 28.5 Å². The lowest BCUT2D eigenvalue weighted by molar-refractivity contribution is -0.117. The van der Waals surface area contributed by atoms with Gasteiger partial charge in [0.15, 0.2) is 17.8 Å². The smallest absolute Gasteiger partial charge is 0.181 e. The normalized spacial score (nSPS) is 16.3. The molecule has 4 aromatic rings. The fourth-order valence-corrected chi connectivity index (χ4v) is 4.21. The summed E-state index contributed by atoms with van der Waals surface area (Å²) in [7, 11) is 0. The summed E-state index contributed by atoms with van der Waals surface area (Å²) >= 11 is 0. The van der Waals surface area contributed by atoms with Crippen molar-refractivity contribution in [3.05, 3.63) is 42.9 Å². The van der Waals surface area contributed by atoms with E-state index in [0.717, 1.165) is 48.1 Å². The number of rotatable bonds is 7. The number of aromatic nitrogens is 6. The van der Waals surface area contributed by atoms with Crippen LogP contribution in [0.1, 0.15) is 46.3 Å². The topological polar surface area (TPSA) is 97.0 Å². The first kappa shape index (κ1) is 22.2. The van der Waals surface area contributed by atoms with Crippen molar-refractivity contribution in [1.29, 1.82) is 0 Å². The summed E-state index contributed by atoms with van der Waals surface area (Å²) in [5.74, 6) is 1.33. The molecule has 0 saturated carbocycles. The molecule has 5 rings (SSSR count). The van der Waals surface area contributed by atoms with Crippen LogP contribution < -0.4 is 4.74 Å². The van der Waals surface area contributed by atoms with Gasteiger partial charge in [0.05, 0.1) is 30.1 Å². The van der Waals surface area contributed by atoms with Gasteiger partial charge in [-0.1, -0.05) is 0 Å². The number of Topliss-reactive ketones (excluding diaryl/α,β-unsaturated/α-hetero) is 1. The predicted octanol–water partition coefficient (Wildman–Crippen LogP) is 4.43. The van der Waals surface area contributed by atoms with Gasteiger partial charge in [-0.25, -0.2) is 14.6 Å². The van der Waals surface area contributed by atoms with Crippen molar-refractivity contribution in [1.82, 2.24) is 29.5 Å². The number of ether oxygens (including phenoxy) is 2. The van der Waals surface area contributed by atoms with Gasteiger partial charge in [-0.2, -0.15) is 10.2 Å². The Morgan fingerprint density at radius 1 is 1.26 bits per heavy atom. The molecule has 9 heteroatoms. The summed E-state index contributed by atoms with van der Waals surface area (Å²) in [6.07, 6.45) is 8.26. The fraction of sp³-hybridized carbons (Fsp3) is 0.400. The van der Waals surface area contributed by atoms with Gasteiger partial charge in [0, 0.05) is 30.0 Å². The van der Waals surface area contributed by atoms with E-state index in [4.69, 9.17) is 19.6 Å². The Bertz CT molecular complexity index is 1320. The molecule has 3 aromatic heterocycles. The number of nitrogens with zero attached hydrogens (tertiary/aromatic N) is 6. The molecule has 1 atom stereocenters. The molecular weight excluding hydrogens is 432 g/mol. The minimum atomic E-state index is -0.116. The molecule has 1 saturated heterocycles. The van der Waals surface area contributed by atoms with E-state index in [9.17, 15) is 4.79 Å². The zero-order valence-corrected chi connectivity index (χ0v) is 19.6. The lowest BCUT2D eigenvalue weighted by Gasteiger charge is -2.23. The van der Waals surface area contributed by atoms with E-state index in [0.29, 0.717) is 17.2 Å². The number of ketones is 1. The van der Waals surface area contributed by atoms with E-state index >= 15 is 0 Å². The fourth-order valence-electron chi connectivity index (χ4n) is 4.21. The summed E-state index contributed by atoms with van der Waals surface area (Å²) in [5, 5.41) is 10.1. The molecule has 1 fully saturated rings. The zero-order valence-electron chi connectivity index (χ0n) is 19.6. The third-order valence-electron chi connectivity index (χ3n) is 5.66. The summed E-state index contributed by atoms with van der Waals surface area (Å²) in [6.45, 7) is 6.50. The second-order valence-electron chi connectivity index (χ2n) is 8.85. The Balaban J connectivity index is 1.58. The minimum Gasteiger partial charge on any atom is -0.491 e. The molecule has 0 N–H and O–H groups in total. The summed E-state index contributed by atoms with van der Waals surface area (Å²) in [6, 6.07) is 7.82. The van der Waals surface area contributed by atoms with Gasteiger partial charge in [-0.3, -0.25) is 9.48 Å². The van der Waals surface area contributed by atoms with Crippen LogP contribution in [0.15, 0.2) is 42.9 Å². The number of benzene rings is 1. The summed E-state index contributed by atoms with van der Waals surface area (Å²) in [5.41, 5.74) is 3.16. The number of fused-ring (bicyclic) bond motifs is 1. The van der Waals surface area contributed by atoms with E-state index in [2.05, 4.69) is 10.1 Å². The Labute approximate surface area is 197 Å². The highest BCUT2D eigenvalue weighted by atomic mass is 16.5. The predicted molar refractivity (Wildman–Crippen MR) is 127 cm³/mol. The molecule has 0 radical (unpaired) electrons. The molecular formula is C25H28N6O3. The van der Waals surface area contributed by atoms with Crippen LogP contribution in [0, 0.1) is 0 Å². The molecule has 0 aliphatic carbocycles. The second kappa shape index (κ2) is 9.34. The lowest BCUT2D eigenvalue weighted by Crippen LogP contribution is -2.19. The Hall–Kier alpha value is -3.59. The number of hydrogen-bond acceptors (Lipinski definition) is 7. The minimum absolute atomic E-state index is 0.0411. The van der Waals surface area contributed by atoms with E-state index in [-0.39, 0.29) is 24.7 Å². The van der Waals surface area contributed by atoms with Gasteiger partial charge in [0.25, 0.3) is 0 Å². The van der Waals surface area contributed by atoms with Crippen LogP contribution in [0.4, 0.5) is 0 Å². The van der Waals surface area contributed by atoms with Gasteiger partial charge in [0.1, 0.15) is 11.4 Å². The molecule has 34 heavy (non-hydrogen) atoms.